The zero-order chi connectivity index (χ0) is 18.4. The zero-order valence-corrected chi connectivity index (χ0v) is 16.0. The van der Waals surface area contributed by atoms with Gasteiger partial charge in [0.2, 0.25) is 0 Å². The number of carbonyl (C=O) groups is 2. The molecule has 4 heteroatoms. The van der Waals surface area contributed by atoms with Crippen molar-refractivity contribution < 1.29 is 19.4 Å². The maximum atomic E-state index is 12.0. The summed E-state index contributed by atoms with van der Waals surface area (Å²) in [6, 6.07) is 0. The molecule has 6 atom stereocenters. The minimum Gasteiger partial charge on any atom is -0.458 e. The van der Waals surface area contributed by atoms with E-state index in [0.717, 1.165) is 51.4 Å². The Morgan fingerprint density at radius 1 is 0.962 bits per heavy atom. The average Bonchev–Trinajstić information content (AvgIpc) is 3.11. The van der Waals surface area contributed by atoms with E-state index in [1.807, 2.05) is 6.08 Å². The molecule has 4 fully saturated rings. The van der Waals surface area contributed by atoms with E-state index in [0.29, 0.717) is 18.8 Å². The maximum absolute atomic E-state index is 12.0. The van der Waals surface area contributed by atoms with Crippen molar-refractivity contribution in [1.82, 2.24) is 0 Å². The molecule has 0 bridgehead atoms. The van der Waals surface area contributed by atoms with Gasteiger partial charge in [-0.05, 0) is 69.3 Å². The summed E-state index contributed by atoms with van der Waals surface area (Å²) in [6.07, 6.45) is 10.1. The highest BCUT2D eigenvalue weighted by Gasteiger charge is 2.70. The Morgan fingerprint density at radius 3 is 2.50 bits per heavy atom. The van der Waals surface area contributed by atoms with Crippen molar-refractivity contribution in [3.05, 3.63) is 11.6 Å². The van der Waals surface area contributed by atoms with Crippen LogP contribution in [-0.2, 0) is 14.3 Å². The Kier molecular flexibility index (Phi) is 3.27. The molecule has 4 unspecified atom stereocenters. The highest BCUT2D eigenvalue weighted by molar-refractivity contribution is 5.91. The van der Waals surface area contributed by atoms with E-state index < -0.39 is 5.60 Å². The molecule has 1 heterocycles. The lowest BCUT2D eigenvalue weighted by molar-refractivity contribution is -0.212. The van der Waals surface area contributed by atoms with Crippen LogP contribution in [0.1, 0.15) is 78.1 Å². The molecule has 0 amide bonds. The Morgan fingerprint density at radius 2 is 1.77 bits per heavy atom. The van der Waals surface area contributed by atoms with E-state index in [-0.39, 0.29) is 34.1 Å². The summed E-state index contributed by atoms with van der Waals surface area (Å²) in [5.74, 6) is 0.829. The van der Waals surface area contributed by atoms with Crippen LogP contribution in [-0.4, -0.2) is 28.1 Å². The number of esters is 1. The number of hydrogen-bond donors (Lipinski definition) is 1. The molecule has 142 valence electrons. The molecule has 0 aromatic heterocycles. The van der Waals surface area contributed by atoms with Crippen LogP contribution in [0.15, 0.2) is 11.6 Å². The van der Waals surface area contributed by atoms with Crippen molar-refractivity contribution in [3.63, 3.8) is 0 Å². The fraction of sp³-hybridized carbons (Fsp3) is 0.818. The van der Waals surface area contributed by atoms with Gasteiger partial charge in [0.25, 0.3) is 0 Å². The van der Waals surface area contributed by atoms with Gasteiger partial charge in [-0.3, -0.25) is 9.59 Å². The summed E-state index contributed by atoms with van der Waals surface area (Å²) in [5, 5.41) is 12.0. The molecule has 4 nitrogen and oxygen atoms in total. The topological polar surface area (TPSA) is 63.6 Å². The van der Waals surface area contributed by atoms with Crippen molar-refractivity contribution in [2.75, 3.05) is 0 Å². The number of fused-ring (bicyclic) bond motifs is 6. The highest BCUT2D eigenvalue weighted by atomic mass is 16.6. The number of carbonyl (C=O) groups excluding carboxylic acids is 2. The fourth-order valence-electron chi connectivity index (χ4n) is 7.80. The van der Waals surface area contributed by atoms with E-state index in [4.69, 9.17) is 4.74 Å². The van der Waals surface area contributed by atoms with Gasteiger partial charge in [-0.2, -0.15) is 0 Å². The van der Waals surface area contributed by atoms with Crippen LogP contribution in [0.2, 0.25) is 0 Å². The van der Waals surface area contributed by atoms with Gasteiger partial charge in [0.1, 0.15) is 5.60 Å². The monoisotopic (exact) mass is 358 g/mol. The molecule has 1 aliphatic heterocycles. The van der Waals surface area contributed by atoms with E-state index >= 15 is 0 Å². The van der Waals surface area contributed by atoms with Crippen LogP contribution in [0.5, 0.6) is 0 Å². The van der Waals surface area contributed by atoms with Gasteiger partial charge in [0.15, 0.2) is 5.78 Å². The summed E-state index contributed by atoms with van der Waals surface area (Å²) < 4.78 is 5.96. The van der Waals surface area contributed by atoms with E-state index in [1.54, 1.807) is 0 Å². The molecule has 4 aliphatic carbocycles. The lowest BCUT2D eigenvalue weighted by Gasteiger charge is -2.63. The Labute approximate surface area is 155 Å². The zero-order valence-electron chi connectivity index (χ0n) is 16.0. The smallest absolute Gasteiger partial charge is 0.306 e. The van der Waals surface area contributed by atoms with Crippen molar-refractivity contribution in [2.45, 2.75) is 89.3 Å². The third kappa shape index (κ3) is 1.80. The third-order valence-electron chi connectivity index (χ3n) is 9.48. The highest BCUT2D eigenvalue weighted by Crippen LogP contribution is 2.70. The number of ether oxygens (including phenoxy) is 1. The van der Waals surface area contributed by atoms with Crippen molar-refractivity contribution in [1.29, 1.82) is 0 Å². The molecule has 1 N–H and O–H groups in total. The second kappa shape index (κ2) is 5.01. The quantitative estimate of drug-likeness (QED) is 0.671. The SMILES string of the molecule is CC12CC[C@@]3(O)C(CCC4=CC(=O)CCC43C)C1CC[C@@]21CCC(=O)O1. The van der Waals surface area contributed by atoms with E-state index in [1.165, 1.54) is 5.57 Å². The number of rotatable bonds is 0. The molecule has 1 saturated heterocycles. The van der Waals surface area contributed by atoms with Crippen LogP contribution in [0.25, 0.3) is 0 Å². The average molecular weight is 358 g/mol. The van der Waals surface area contributed by atoms with Crippen molar-refractivity contribution in [3.8, 4) is 0 Å². The number of aliphatic hydroxyl groups is 1. The molecule has 0 aromatic rings. The van der Waals surface area contributed by atoms with Crippen LogP contribution >= 0.6 is 0 Å². The predicted octanol–water partition coefficient (Wildman–Crippen LogP) is 3.71. The Balaban J connectivity index is 1.54. The maximum Gasteiger partial charge on any atom is 0.306 e. The molecule has 5 rings (SSSR count). The van der Waals surface area contributed by atoms with E-state index in [2.05, 4.69) is 13.8 Å². The Hall–Kier alpha value is -1.16. The molecule has 0 radical (unpaired) electrons. The predicted molar refractivity (Wildman–Crippen MR) is 96.2 cm³/mol. The summed E-state index contributed by atoms with van der Waals surface area (Å²) in [5.41, 5.74) is -0.131. The summed E-state index contributed by atoms with van der Waals surface area (Å²) in [7, 11) is 0. The van der Waals surface area contributed by atoms with Gasteiger partial charge in [-0.1, -0.05) is 19.4 Å². The second-order valence-electron chi connectivity index (χ2n) is 10.1. The molecule has 1 spiro atoms. The normalized spacial score (nSPS) is 53.0. The lowest BCUT2D eigenvalue weighted by atomic mass is 9.44. The van der Waals surface area contributed by atoms with Gasteiger partial charge in [-0.25, -0.2) is 0 Å². The number of hydrogen-bond acceptors (Lipinski definition) is 4. The van der Waals surface area contributed by atoms with Crippen molar-refractivity contribution >= 4 is 11.8 Å². The second-order valence-corrected chi connectivity index (χ2v) is 10.1. The third-order valence-corrected chi connectivity index (χ3v) is 9.48. The molecule has 26 heavy (non-hydrogen) atoms. The van der Waals surface area contributed by atoms with Crippen LogP contribution in [0, 0.1) is 22.7 Å². The standard InChI is InChI=1S/C22H30O4/c1-19-8-5-15(23)13-14(19)3-4-17-16-6-9-21(10-7-18(24)26-21)20(16,2)11-12-22(17,19)25/h13,16-17,25H,3-12H2,1-2H3/t16?,17?,19?,20?,21-,22-/m1/s1. The molecule has 5 aliphatic rings. The molecular weight excluding hydrogens is 328 g/mol. The minimum atomic E-state index is -0.726. The van der Waals surface area contributed by atoms with Crippen LogP contribution < -0.4 is 0 Å². The van der Waals surface area contributed by atoms with E-state index in [9.17, 15) is 14.7 Å². The van der Waals surface area contributed by atoms with Crippen LogP contribution in [0.3, 0.4) is 0 Å². The number of ketones is 1. The van der Waals surface area contributed by atoms with Crippen molar-refractivity contribution in [2.24, 2.45) is 22.7 Å². The molecule has 3 saturated carbocycles. The first-order valence-corrected chi connectivity index (χ1v) is 10.4. The lowest BCUT2D eigenvalue weighted by Crippen LogP contribution is -2.64. The Bertz CT molecular complexity index is 726. The molecule has 0 aromatic carbocycles. The minimum absolute atomic E-state index is 0.0158. The summed E-state index contributed by atoms with van der Waals surface area (Å²) in [6.45, 7) is 4.52. The fourth-order valence-corrected chi connectivity index (χ4v) is 7.80. The first-order valence-electron chi connectivity index (χ1n) is 10.4. The molecular formula is C22H30O4. The largest absolute Gasteiger partial charge is 0.458 e. The van der Waals surface area contributed by atoms with Crippen LogP contribution in [0.4, 0.5) is 0 Å². The first-order chi connectivity index (χ1) is 12.2. The van der Waals surface area contributed by atoms with Gasteiger partial charge in [-0.15, -0.1) is 0 Å². The van der Waals surface area contributed by atoms with Gasteiger partial charge in [0.05, 0.1) is 5.60 Å². The van der Waals surface area contributed by atoms with Gasteiger partial charge in [0, 0.05) is 23.7 Å². The van der Waals surface area contributed by atoms with Gasteiger partial charge < -0.3 is 9.84 Å². The summed E-state index contributed by atoms with van der Waals surface area (Å²) in [4.78, 5) is 23.9. The van der Waals surface area contributed by atoms with Gasteiger partial charge >= 0.3 is 5.97 Å². The summed E-state index contributed by atoms with van der Waals surface area (Å²) >= 11 is 0. The first kappa shape index (κ1) is 17.0.